The molecule has 4 nitrogen and oxygen atoms in total. The van der Waals surface area contributed by atoms with Gasteiger partial charge in [0.15, 0.2) is 0 Å². The van der Waals surface area contributed by atoms with Crippen molar-refractivity contribution in [3.63, 3.8) is 0 Å². The highest BCUT2D eigenvalue weighted by Crippen LogP contribution is 2.02. The van der Waals surface area contributed by atoms with Crippen LogP contribution in [0, 0.1) is 0 Å². The zero-order valence-corrected chi connectivity index (χ0v) is 8.98. The van der Waals surface area contributed by atoms with E-state index in [0.717, 1.165) is 12.1 Å². The molecule has 0 aliphatic carbocycles. The Morgan fingerprint density at radius 1 is 1.29 bits per heavy atom. The third-order valence-corrected chi connectivity index (χ3v) is 2.11. The van der Waals surface area contributed by atoms with E-state index in [9.17, 15) is 5.11 Å². The summed E-state index contributed by atoms with van der Waals surface area (Å²) in [5, 5.41) is 27.0. The third kappa shape index (κ3) is 7.00. The Hall–Kier alpha value is -0.450. The van der Waals surface area contributed by atoms with Crippen LogP contribution in [0.4, 0.5) is 0 Å². The molecule has 0 heterocycles. The molecule has 0 saturated heterocycles. The van der Waals surface area contributed by atoms with E-state index in [4.69, 9.17) is 10.2 Å². The lowest BCUT2D eigenvalue weighted by Gasteiger charge is -2.12. The van der Waals surface area contributed by atoms with Crippen molar-refractivity contribution in [2.75, 3.05) is 13.2 Å². The minimum absolute atomic E-state index is 0.219. The van der Waals surface area contributed by atoms with Gasteiger partial charge in [-0.25, -0.2) is 0 Å². The molecule has 0 rings (SSSR count). The lowest BCUT2D eigenvalue weighted by Crippen LogP contribution is -2.21. The molecule has 0 saturated carbocycles. The quantitative estimate of drug-likeness (QED) is 0.523. The van der Waals surface area contributed by atoms with E-state index in [1.807, 2.05) is 13.8 Å². The topological polar surface area (TPSA) is 73.1 Å². The van der Waals surface area contributed by atoms with E-state index in [-0.39, 0.29) is 13.0 Å². The molecule has 14 heavy (non-hydrogen) atoms. The average molecular weight is 203 g/mol. The summed E-state index contributed by atoms with van der Waals surface area (Å²) in [6, 6.07) is 0. The van der Waals surface area contributed by atoms with E-state index < -0.39 is 12.2 Å². The van der Waals surface area contributed by atoms with Crippen LogP contribution in [0.2, 0.25) is 0 Å². The Morgan fingerprint density at radius 2 is 1.93 bits per heavy atom. The van der Waals surface area contributed by atoms with Gasteiger partial charge in [-0.15, -0.1) is 0 Å². The number of rotatable bonds is 7. The zero-order chi connectivity index (χ0) is 11.0. The molecular weight excluding hydrogens is 182 g/mol. The first kappa shape index (κ1) is 13.5. The van der Waals surface area contributed by atoms with E-state index in [0.29, 0.717) is 13.0 Å². The number of aliphatic hydroxyl groups excluding tert-OH is 3. The molecule has 84 valence electrons. The number of aliphatic imine (C=N–C) groups is 1. The Labute approximate surface area is 85.3 Å². The molecular formula is C10H21NO3. The van der Waals surface area contributed by atoms with Crippen LogP contribution in [-0.4, -0.2) is 46.4 Å². The van der Waals surface area contributed by atoms with Gasteiger partial charge in [-0.05, 0) is 19.8 Å². The van der Waals surface area contributed by atoms with Crippen molar-refractivity contribution in [1.29, 1.82) is 0 Å². The number of nitrogens with zero attached hydrogens (tertiary/aromatic N) is 1. The third-order valence-electron chi connectivity index (χ3n) is 2.11. The molecule has 0 bridgehead atoms. The molecule has 4 heteroatoms. The van der Waals surface area contributed by atoms with Gasteiger partial charge >= 0.3 is 0 Å². The Morgan fingerprint density at radius 3 is 2.43 bits per heavy atom. The summed E-state index contributed by atoms with van der Waals surface area (Å²) < 4.78 is 0. The number of hydrogen-bond acceptors (Lipinski definition) is 4. The summed E-state index contributed by atoms with van der Waals surface area (Å²) in [6.45, 7) is 4.27. The second-order valence-electron chi connectivity index (χ2n) is 3.49. The lowest BCUT2D eigenvalue weighted by atomic mass is 10.1. The van der Waals surface area contributed by atoms with Crippen molar-refractivity contribution in [3.05, 3.63) is 0 Å². The second kappa shape index (κ2) is 7.91. The summed E-state index contributed by atoms with van der Waals surface area (Å²) in [5.41, 5.74) is 1.07. The highest BCUT2D eigenvalue weighted by molar-refractivity contribution is 5.81. The minimum Gasteiger partial charge on any atom is -0.394 e. The SMILES string of the molecule is CCC(C)=NCCC(O)CC(O)CO. The molecule has 0 radical (unpaired) electrons. The van der Waals surface area contributed by atoms with Crippen LogP contribution in [0.1, 0.15) is 33.1 Å². The van der Waals surface area contributed by atoms with Crippen molar-refractivity contribution in [2.45, 2.75) is 45.3 Å². The standard InChI is InChI=1S/C10H21NO3/c1-3-8(2)11-5-4-9(13)6-10(14)7-12/h9-10,12-14H,3-7H2,1-2H3. The summed E-state index contributed by atoms with van der Waals surface area (Å²) in [6.07, 6.45) is 0.285. The van der Waals surface area contributed by atoms with E-state index in [1.165, 1.54) is 0 Å². The van der Waals surface area contributed by atoms with Gasteiger partial charge < -0.3 is 15.3 Å². The van der Waals surface area contributed by atoms with Gasteiger partial charge in [0, 0.05) is 18.7 Å². The summed E-state index contributed by atoms with van der Waals surface area (Å²) >= 11 is 0. The summed E-state index contributed by atoms with van der Waals surface area (Å²) in [5.74, 6) is 0. The van der Waals surface area contributed by atoms with Crippen molar-refractivity contribution >= 4 is 5.71 Å². The first-order chi connectivity index (χ1) is 6.60. The van der Waals surface area contributed by atoms with E-state index in [1.54, 1.807) is 0 Å². The Balaban J connectivity index is 3.58. The molecule has 0 aromatic carbocycles. The van der Waals surface area contributed by atoms with Crippen LogP contribution < -0.4 is 0 Å². The molecule has 0 fully saturated rings. The van der Waals surface area contributed by atoms with Crippen LogP contribution in [0.5, 0.6) is 0 Å². The van der Waals surface area contributed by atoms with Gasteiger partial charge in [0.1, 0.15) is 0 Å². The monoisotopic (exact) mass is 203 g/mol. The van der Waals surface area contributed by atoms with Gasteiger partial charge in [-0.1, -0.05) is 6.92 Å². The first-order valence-corrected chi connectivity index (χ1v) is 5.07. The fourth-order valence-corrected chi connectivity index (χ4v) is 1.02. The van der Waals surface area contributed by atoms with Gasteiger partial charge in [0.05, 0.1) is 18.8 Å². The van der Waals surface area contributed by atoms with Gasteiger partial charge in [-0.3, -0.25) is 4.99 Å². The van der Waals surface area contributed by atoms with Crippen LogP contribution in [-0.2, 0) is 0 Å². The molecule has 2 atom stereocenters. The Kier molecular flexibility index (Phi) is 7.65. The normalized spacial score (nSPS) is 16.8. The number of aliphatic hydroxyl groups is 3. The largest absolute Gasteiger partial charge is 0.394 e. The fraction of sp³-hybridized carbons (Fsp3) is 0.900. The highest BCUT2D eigenvalue weighted by Gasteiger charge is 2.09. The maximum atomic E-state index is 9.40. The Bertz CT molecular complexity index is 171. The lowest BCUT2D eigenvalue weighted by molar-refractivity contribution is 0.0398. The predicted octanol–water partition coefficient (Wildman–Crippen LogP) is 0.352. The zero-order valence-electron chi connectivity index (χ0n) is 8.98. The number of hydrogen-bond donors (Lipinski definition) is 3. The molecule has 2 unspecified atom stereocenters. The van der Waals surface area contributed by atoms with Crippen LogP contribution in [0.15, 0.2) is 4.99 Å². The van der Waals surface area contributed by atoms with Crippen molar-refractivity contribution in [2.24, 2.45) is 4.99 Å². The highest BCUT2D eigenvalue weighted by atomic mass is 16.3. The maximum absolute atomic E-state index is 9.40. The van der Waals surface area contributed by atoms with E-state index in [2.05, 4.69) is 4.99 Å². The van der Waals surface area contributed by atoms with Crippen molar-refractivity contribution < 1.29 is 15.3 Å². The average Bonchev–Trinajstić information content (AvgIpc) is 2.17. The summed E-state index contributed by atoms with van der Waals surface area (Å²) in [4.78, 5) is 4.23. The van der Waals surface area contributed by atoms with Crippen molar-refractivity contribution in [3.8, 4) is 0 Å². The molecule has 0 aliphatic rings. The minimum atomic E-state index is -0.818. The fourth-order valence-electron chi connectivity index (χ4n) is 1.02. The molecule has 0 aromatic rings. The van der Waals surface area contributed by atoms with Gasteiger partial charge in [-0.2, -0.15) is 0 Å². The van der Waals surface area contributed by atoms with E-state index >= 15 is 0 Å². The van der Waals surface area contributed by atoms with Crippen LogP contribution in [0.3, 0.4) is 0 Å². The molecule has 0 aromatic heterocycles. The van der Waals surface area contributed by atoms with Crippen molar-refractivity contribution in [1.82, 2.24) is 0 Å². The maximum Gasteiger partial charge on any atom is 0.0795 e. The second-order valence-corrected chi connectivity index (χ2v) is 3.49. The molecule has 3 N–H and O–H groups in total. The molecule has 0 amide bonds. The predicted molar refractivity (Wildman–Crippen MR) is 56.6 cm³/mol. The van der Waals surface area contributed by atoms with Crippen LogP contribution >= 0.6 is 0 Å². The molecule has 0 spiro atoms. The van der Waals surface area contributed by atoms with Gasteiger partial charge in [0.25, 0.3) is 0 Å². The van der Waals surface area contributed by atoms with Crippen LogP contribution in [0.25, 0.3) is 0 Å². The van der Waals surface area contributed by atoms with Gasteiger partial charge in [0.2, 0.25) is 0 Å². The summed E-state index contributed by atoms with van der Waals surface area (Å²) in [7, 11) is 0. The first-order valence-electron chi connectivity index (χ1n) is 5.07. The molecule has 0 aliphatic heterocycles. The smallest absolute Gasteiger partial charge is 0.0795 e.